The number of carbonyl (C=O) groups excluding carboxylic acids is 1. The lowest BCUT2D eigenvalue weighted by Gasteiger charge is -2.24. The van der Waals surface area contributed by atoms with Gasteiger partial charge in [-0.15, -0.1) is 0 Å². The number of hydrogen-bond acceptors (Lipinski definition) is 3. The van der Waals surface area contributed by atoms with Crippen LogP contribution in [0.3, 0.4) is 0 Å². The minimum atomic E-state index is -0.000686. The Bertz CT molecular complexity index is 986. The molecule has 146 valence electrons. The molecule has 1 N–H and O–H groups in total. The number of carbonyl (C=O) groups is 1. The zero-order valence-corrected chi connectivity index (χ0v) is 16.8. The highest BCUT2D eigenvalue weighted by atomic mass is 16.2. The van der Waals surface area contributed by atoms with Gasteiger partial charge in [-0.1, -0.05) is 30.3 Å². The van der Waals surface area contributed by atoms with E-state index in [9.17, 15) is 4.79 Å². The van der Waals surface area contributed by atoms with E-state index in [0.29, 0.717) is 0 Å². The van der Waals surface area contributed by atoms with Crippen LogP contribution in [-0.4, -0.2) is 25.5 Å². The second-order valence-electron chi connectivity index (χ2n) is 7.66. The van der Waals surface area contributed by atoms with E-state index in [-0.39, 0.29) is 18.5 Å². The fraction of sp³-hybridized carbons (Fsp3) is 0.409. The maximum Gasteiger partial charge on any atom is 0.242 e. The lowest BCUT2D eigenvalue weighted by atomic mass is 9.93. The Morgan fingerprint density at radius 3 is 2.68 bits per heavy atom. The molecule has 2 aromatic heterocycles. The molecule has 0 bridgehead atoms. The topological polar surface area (TPSA) is 64.7 Å². The second-order valence-corrected chi connectivity index (χ2v) is 7.66. The van der Waals surface area contributed by atoms with E-state index in [0.717, 1.165) is 48.3 Å². The van der Waals surface area contributed by atoms with Crippen LogP contribution in [0, 0.1) is 20.8 Å². The Morgan fingerprint density at radius 2 is 1.96 bits per heavy atom. The molecule has 6 heteroatoms. The number of amides is 1. The van der Waals surface area contributed by atoms with Gasteiger partial charge in [0.05, 0.1) is 24.5 Å². The SMILES string of the molecule is Cc1nn(CC(=O)NC2CCCc3c2cnn3Cc2ccccc2)c(C)c1C. The van der Waals surface area contributed by atoms with Gasteiger partial charge in [0, 0.05) is 17.0 Å². The maximum atomic E-state index is 12.7. The maximum absolute atomic E-state index is 12.7. The number of nitrogens with zero attached hydrogens (tertiary/aromatic N) is 4. The van der Waals surface area contributed by atoms with Gasteiger partial charge in [0.1, 0.15) is 6.54 Å². The summed E-state index contributed by atoms with van der Waals surface area (Å²) in [4.78, 5) is 12.7. The average molecular weight is 377 g/mol. The summed E-state index contributed by atoms with van der Waals surface area (Å²) in [6.45, 7) is 7.05. The van der Waals surface area contributed by atoms with Crippen LogP contribution in [0.25, 0.3) is 0 Å². The molecule has 4 rings (SSSR count). The lowest BCUT2D eigenvalue weighted by molar-refractivity contribution is -0.122. The second kappa shape index (κ2) is 7.62. The molecule has 0 fully saturated rings. The first-order valence-electron chi connectivity index (χ1n) is 9.91. The van der Waals surface area contributed by atoms with Crippen LogP contribution in [0.5, 0.6) is 0 Å². The molecule has 2 heterocycles. The van der Waals surface area contributed by atoms with Crippen LogP contribution in [0.15, 0.2) is 36.5 Å². The van der Waals surface area contributed by atoms with Crippen LogP contribution in [0.1, 0.15) is 52.7 Å². The minimum absolute atomic E-state index is 0.000686. The van der Waals surface area contributed by atoms with Crippen LogP contribution < -0.4 is 5.32 Å². The average Bonchev–Trinajstić information content (AvgIpc) is 3.20. The van der Waals surface area contributed by atoms with Crippen LogP contribution in [-0.2, 0) is 24.3 Å². The fourth-order valence-electron chi connectivity index (χ4n) is 3.98. The van der Waals surface area contributed by atoms with Gasteiger partial charge < -0.3 is 5.32 Å². The predicted molar refractivity (Wildman–Crippen MR) is 108 cm³/mol. The summed E-state index contributed by atoms with van der Waals surface area (Å²) in [6.07, 6.45) is 4.93. The largest absolute Gasteiger partial charge is 0.348 e. The van der Waals surface area contributed by atoms with E-state index in [1.165, 1.54) is 11.3 Å². The smallest absolute Gasteiger partial charge is 0.242 e. The van der Waals surface area contributed by atoms with Gasteiger partial charge in [-0.05, 0) is 51.2 Å². The molecule has 1 aliphatic carbocycles. The first-order valence-corrected chi connectivity index (χ1v) is 9.91. The Morgan fingerprint density at radius 1 is 1.18 bits per heavy atom. The van der Waals surface area contributed by atoms with Crippen molar-refractivity contribution in [3.63, 3.8) is 0 Å². The van der Waals surface area contributed by atoms with Gasteiger partial charge in [-0.3, -0.25) is 14.2 Å². The predicted octanol–water partition coefficient (Wildman–Crippen LogP) is 3.25. The highest BCUT2D eigenvalue weighted by Crippen LogP contribution is 2.30. The third-order valence-electron chi connectivity index (χ3n) is 5.81. The number of hydrogen-bond donors (Lipinski definition) is 1. The quantitative estimate of drug-likeness (QED) is 0.742. The third kappa shape index (κ3) is 3.59. The number of benzene rings is 1. The summed E-state index contributed by atoms with van der Waals surface area (Å²) in [5.74, 6) is -0.000686. The number of fused-ring (bicyclic) bond motifs is 1. The van der Waals surface area contributed by atoms with Crippen LogP contribution in [0.2, 0.25) is 0 Å². The van der Waals surface area contributed by atoms with E-state index in [1.54, 1.807) is 4.68 Å². The lowest BCUT2D eigenvalue weighted by Crippen LogP contribution is -2.34. The first kappa shape index (κ1) is 18.5. The third-order valence-corrected chi connectivity index (χ3v) is 5.81. The number of aromatic nitrogens is 4. The summed E-state index contributed by atoms with van der Waals surface area (Å²) in [5, 5.41) is 12.3. The molecule has 6 nitrogen and oxygen atoms in total. The van der Waals surface area contributed by atoms with Crippen molar-refractivity contribution in [2.45, 2.75) is 59.2 Å². The zero-order chi connectivity index (χ0) is 19.7. The van der Waals surface area contributed by atoms with Gasteiger partial charge in [0.25, 0.3) is 0 Å². The Labute approximate surface area is 165 Å². The summed E-state index contributed by atoms with van der Waals surface area (Å²) in [6, 6.07) is 10.4. The highest BCUT2D eigenvalue weighted by molar-refractivity contribution is 5.76. The van der Waals surface area contributed by atoms with Crippen molar-refractivity contribution in [1.29, 1.82) is 0 Å². The van der Waals surface area contributed by atoms with Gasteiger partial charge in [0.2, 0.25) is 5.91 Å². The van der Waals surface area contributed by atoms with Crippen LogP contribution in [0.4, 0.5) is 0 Å². The molecule has 0 aliphatic heterocycles. The van der Waals surface area contributed by atoms with E-state index in [1.807, 2.05) is 33.0 Å². The van der Waals surface area contributed by atoms with Crippen LogP contribution >= 0.6 is 0 Å². The fourth-order valence-corrected chi connectivity index (χ4v) is 3.98. The normalized spacial score (nSPS) is 16.0. The van der Waals surface area contributed by atoms with E-state index >= 15 is 0 Å². The van der Waals surface area contributed by atoms with Crippen molar-refractivity contribution in [1.82, 2.24) is 24.9 Å². The molecular weight excluding hydrogens is 350 g/mol. The van der Waals surface area contributed by atoms with Gasteiger partial charge >= 0.3 is 0 Å². The Kier molecular flexibility index (Phi) is 5.03. The van der Waals surface area contributed by atoms with E-state index in [2.05, 4.69) is 44.5 Å². The molecular formula is C22H27N5O. The summed E-state index contributed by atoms with van der Waals surface area (Å²) < 4.78 is 3.87. The van der Waals surface area contributed by atoms with E-state index in [4.69, 9.17) is 0 Å². The molecule has 0 radical (unpaired) electrons. The number of rotatable bonds is 5. The first-order chi connectivity index (χ1) is 13.5. The zero-order valence-electron chi connectivity index (χ0n) is 16.8. The van der Waals surface area contributed by atoms with Crippen molar-refractivity contribution < 1.29 is 4.79 Å². The minimum Gasteiger partial charge on any atom is -0.348 e. The highest BCUT2D eigenvalue weighted by Gasteiger charge is 2.26. The molecule has 0 saturated heterocycles. The molecule has 1 atom stereocenters. The monoisotopic (exact) mass is 377 g/mol. The number of nitrogens with one attached hydrogen (secondary N) is 1. The molecule has 3 aromatic rings. The molecule has 0 saturated carbocycles. The van der Waals surface area contributed by atoms with Crippen molar-refractivity contribution >= 4 is 5.91 Å². The summed E-state index contributed by atoms with van der Waals surface area (Å²) >= 11 is 0. The van der Waals surface area contributed by atoms with E-state index < -0.39 is 0 Å². The molecule has 0 spiro atoms. The van der Waals surface area contributed by atoms with Crippen molar-refractivity contribution in [2.75, 3.05) is 0 Å². The van der Waals surface area contributed by atoms with Crippen molar-refractivity contribution in [3.8, 4) is 0 Å². The molecule has 1 unspecified atom stereocenters. The molecule has 1 aromatic carbocycles. The standard InChI is InChI=1S/C22H27N5O/c1-15-16(2)25-26(17(15)3)14-22(28)24-20-10-7-11-21-19(20)12-23-27(21)13-18-8-5-4-6-9-18/h4-6,8-9,12,20H,7,10-11,13-14H2,1-3H3,(H,24,28). The summed E-state index contributed by atoms with van der Waals surface area (Å²) in [7, 11) is 0. The molecule has 1 amide bonds. The number of aryl methyl sites for hydroxylation is 1. The van der Waals surface area contributed by atoms with Gasteiger partial charge in [0.15, 0.2) is 0 Å². The Balaban J connectivity index is 1.47. The van der Waals surface area contributed by atoms with Crippen molar-refractivity contribution in [2.24, 2.45) is 0 Å². The molecule has 1 aliphatic rings. The van der Waals surface area contributed by atoms with Gasteiger partial charge in [-0.2, -0.15) is 10.2 Å². The van der Waals surface area contributed by atoms with Crippen molar-refractivity contribution in [3.05, 3.63) is 70.3 Å². The Hall–Kier alpha value is -2.89. The van der Waals surface area contributed by atoms with Gasteiger partial charge in [-0.25, -0.2) is 0 Å². The summed E-state index contributed by atoms with van der Waals surface area (Å²) in [5.41, 5.74) is 6.80. The molecule has 28 heavy (non-hydrogen) atoms.